The highest BCUT2D eigenvalue weighted by atomic mass is 16.5. The highest BCUT2D eigenvalue weighted by Crippen LogP contribution is 2.31. The Kier molecular flexibility index (Phi) is 4.16. The summed E-state index contributed by atoms with van der Waals surface area (Å²) in [6, 6.07) is 9.11. The molecule has 20 heavy (non-hydrogen) atoms. The van der Waals surface area contributed by atoms with Crippen LogP contribution in [-0.2, 0) is 10.3 Å². The summed E-state index contributed by atoms with van der Waals surface area (Å²) < 4.78 is 10.9. The molecular formula is C15H17N3O2. The van der Waals surface area contributed by atoms with Crippen molar-refractivity contribution in [2.24, 2.45) is 0 Å². The Morgan fingerprint density at radius 1 is 1.25 bits per heavy atom. The largest absolute Gasteiger partial charge is 0.370 e. The molecule has 0 atom stereocenters. The van der Waals surface area contributed by atoms with Crippen LogP contribution in [0.25, 0.3) is 11.5 Å². The second-order valence-corrected chi connectivity index (χ2v) is 4.52. The van der Waals surface area contributed by atoms with Gasteiger partial charge in [0.1, 0.15) is 5.60 Å². The second kappa shape index (κ2) is 5.85. The molecule has 0 aliphatic carbocycles. The zero-order chi connectivity index (χ0) is 14.6. The first-order valence-corrected chi connectivity index (χ1v) is 6.59. The van der Waals surface area contributed by atoms with Gasteiger partial charge in [-0.1, -0.05) is 19.0 Å². The molecule has 104 valence electrons. The van der Waals surface area contributed by atoms with Crippen molar-refractivity contribution in [1.82, 2.24) is 10.1 Å². The van der Waals surface area contributed by atoms with Crippen LogP contribution in [0.15, 0.2) is 28.8 Å². The molecule has 0 N–H and O–H groups in total. The molecule has 0 spiro atoms. The zero-order valence-corrected chi connectivity index (χ0v) is 11.9. The van der Waals surface area contributed by atoms with Gasteiger partial charge in [0.15, 0.2) is 0 Å². The van der Waals surface area contributed by atoms with E-state index in [-0.39, 0.29) is 0 Å². The molecule has 0 aliphatic rings. The third-order valence-corrected chi connectivity index (χ3v) is 3.63. The van der Waals surface area contributed by atoms with Crippen LogP contribution in [0.3, 0.4) is 0 Å². The topological polar surface area (TPSA) is 71.9 Å². The fourth-order valence-electron chi connectivity index (χ4n) is 2.16. The summed E-state index contributed by atoms with van der Waals surface area (Å²) >= 11 is 0. The fourth-order valence-corrected chi connectivity index (χ4v) is 2.16. The molecule has 1 aromatic carbocycles. The number of nitrogens with zero attached hydrogens (tertiary/aromatic N) is 3. The minimum atomic E-state index is -0.506. The molecule has 2 aromatic rings. The van der Waals surface area contributed by atoms with Crippen LogP contribution in [-0.4, -0.2) is 17.3 Å². The average molecular weight is 271 g/mol. The average Bonchev–Trinajstić information content (AvgIpc) is 3.00. The number of aromatic nitrogens is 2. The van der Waals surface area contributed by atoms with E-state index >= 15 is 0 Å². The van der Waals surface area contributed by atoms with Gasteiger partial charge in [0, 0.05) is 12.7 Å². The van der Waals surface area contributed by atoms with Crippen molar-refractivity contribution in [2.75, 3.05) is 7.11 Å². The zero-order valence-electron chi connectivity index (χ0n) is 11.9. The van der Waals surface area contributed by atoms with Gasteiger partial charge in [-0.3, -0.25) is 0 Å². The van der Waals surface area contributed by atoms with E-state index in [1.165, 1.54) is 0 Å². The van der Waals surface area contributed by atoms with E-state index in [2.05, 4.69) is 16.2 Å². The number of benzene rings is 1. The van der Waals surface area contributed by atoms with E-state index in [0.717, 1.165) is 18.4 Å². The predicted octanol–water partition coefficient (Wildman–Crippen LogP) is 3.27. The van der Waals surface area contributed by atoms with Crippen LogP contribution in [0.2, 0.25) is 0 Å². The predicted molar refractivity (Wildman–Crippen MR) is 73.7 cm³/mol. The molecule has 0 saturated heterocycles. The summed E-state index contributed by atoms with van der Waals surface area (Å²) in [5.74, 6) is 0.997. The second-order valence-electron chi connectivity index (χ2n) is 4.52. The van der Waals surface area contributed by atoms with Crippen LogP contribution >= 0.6 is 0 Å². The van der Waals surface area contributed by atoms with E-state index in [1.807, 2.05) is 13.8 Å². The van der Waals surface area contributed by atoms with E-state index in [1.54, 1.807) is 31.4 Å². The highest BCUT2D eigenvalue weighted by molar-refractivity contribution is 5.54. The third-order valence-electron chi connectivity index (χ3n) is 3.63. The van der Waals surface area contributed by atoms with Crippen LogP contribution in [0.5, 0.6) is 0 Å². The third kappa shape index (κ3) is 2.43. The van der Waals surface area contributed by atoms with Crippen LogP contribution < -0.4 is 0 Å². The van der Waals surface area contributed by atoms with Gasteiger partial charge in [-0.2, -0.15) is 10.2 Å². The fraction of sp³-hybridized carbons (Fsp3) is 0.400. The maximum Gasteiger partial charge on any atom is 0.258 e. The quantitative estimate of drug-likeness (QED) is 0.834. The molecule has 5 heteroatoms. The molecule has 0 saturated carbocycles. The van der Waals surface area contributed by atoms with Crippen LogP contribution in [0, 0.1) is 11.3 Å². The lowest BCUT2D eigenvalue weighted by atomic mass is 9.96. The normalized spacial score (nSPS) is 11.3. The van der Waals surface area contributed by atoms with Crippen LogP contribution in [0.4, 0.5) is 0 Å². The van der Waals surface area contributed by atoms with E-state index in [0.29, 0.717) is 17.3 Å². The summed E-state index contributed by atoms with van der Waals surface area (Å²) in [5.41, 5.74) is 0.885. The Morgan fingerprint density at radius 3 is 2.40 bits per heavy atom. The summed E-state index contributed by atoms with van der Waals surface area (Å²) in [5, 5.41) is 12.8. The Morgan fingerprint density at radius 2 is 1.90 bits per heavy atom. The molecule has 0 aliphatic heterocycles. The molecule has 5 nitrogen and oxygen atoms in total. The van der Waals surface area contributed by atoms with Crippen LogP contribution in [0.1, 0.15) is 38.1 Å². The number of rotatable bonds is 5. The Hall–Kier alpha value is -2.19. The number of methoxy groups -OCH3 is 1. The minimum Gasteiger partial charge on any atom is -0.370 e. The smallest absolute Gasteiger partial charge is 0.258 e. The van der Waals surface area contributed by atoms with Crippen molar-refractivity contribution >= 4 is 0 Å². The van der Waals surface area contributed by atoms with Gasteiger partial charge in [-0.05, 0) is 37.1 Å². The van der Waals surface area contributed by atoms with Crippen molar-refractivity contribution in [1.29, 1.82) is 5.26 Å². The number of hydrogen-bond donors (Lipinski definition) is 0. The van der Waals surface area contributed by atoms with Gasteiger partial charge >= 0.3 is 0 Å². The molecule has 0 fully saturated rings. The number of ether oxygens (including phenoxy) is 1. The lowest BCUT2D eigenvalue weighted by Crippen LogP contribution is -2.28. The lowest BCUT2D eigenvalue weighted by molar-refractivity contribution is -0.0306. The lowest BCUT2D eigenvalue weighted by Gasteiger charge is -2.25. The molecule has 0 bridgehead atoms. The Labute approximate surface area is 118 Å². The molecule has 0 amide bonds. The standard InChI is InChI=1S/C15H17N3O2/c1-4-15(5-2,19-3)14-17-13(20-18-14)12-8-6-11(10-16)7-9-12/h6-9H,4-5H2,1-3H3. The Bertz CT molecular complexity index is 599. The molecule has 1 aromatic heterocycles. The summed E-state index contributed by atoms with van der Waals surface area (Å²) in [6.45, 7) is 4.06. The number of hydrogen-bond acceptors (Lipinski definition) is 5. The first-order valence-electron chi connectivity index (χ1n) is 6.59. The van der Waals surface area contributed by atoms with Crippen molar-refractivity contribution in [3.63, 3.8) is 0 Å². The molecule has 0 radical (unpaired) electrons. The molecule has 1 heterocycles. The SMILES string of the molecule is CCC(CC)(OC)c1noc(-c2ccc(C#N)cc2)n1. The maximum atomic E-state index is 8.79. The summed E-state index contributed by atoms with van der Waals surface area (Å²) in [4.78, 5) is 4.44. The van der Waals surface area contributed by atoms with Gasteiger partial charge in [0.2, 0.25) is 5.82 Å². The summed E-state index contributed by atoms with van der Waals surface area (Å²) in [7, 11) is 1.66. The van der Waals surface area contributed by atoms with Crippen molar-refractivity contribution in [2.45, 2.75) is 32.3 Å². The van der Waals surface area contributed by atoms with Gasteiger partial charge in [0.25, 0.3) is 5.89 Å². The molecule has 2 rings (SSSR count). The Balaban J connectivity index is 2.35. The van der Waals surface area contributed by atoms with E-state index < -0.39 is 5.60 Å². The molecular weight excluding hydrogens is 254 g/mol. The first-order chi connectivity index (χ1) is 9.69. The van der Waals surface area contributed by atoms with Crippen molar-refractivity contribution < 1.29 is 9.26 Å². The maximum absolute atomic E-state index is 8.79. The van der Waals surface area contributed by atoms with Crippen molar-refractivity contribution in [3.8, 4) is 17.5 Å². The van der Waals surface area contributed by atoms with Gasteiger partial charge in [-0.25, -0.2) is 0 Å². The van der Waals surface area contributed by atoms with Gasteiger partial charge in [-0.15, -0.1) is 0 Å². The first kappa shape index (κ1) is 14.2. The number of nitriles is 1. The van der Waals surface area contributed by atoms with Crippen molar-refractivity contribution in [3.05, 3.63) is 35.7 Å². The highest BCUT2D eigenvalue weighted by Gasteiger charge is 2.33. The summed E-state index contributed by atoms with van der Waals surface area (Å²) in [6.07, 6.45) is 1.54. The van der Waals surface area contributed by atoms with E-state index in [4.69, 9.17) is 14.5 Å². The minimum absolute atomic E-state index is 0.438. The van der Waals surface area contributed by atoms with E-state index in [9.17, 15) is 0 Å². The molecule has 0 unspecified atom stereocenters. The van der Waals surface area contributed by atoms with Gasteiger partial charge < -0.3 is 9.26 Å². The van der Waals surface area contributed by atoms with Gasteiger partial charge in [0.05, 0.1) is 11.6 Å². The monoisotopic (exact) mass is 271 g/mol.